The van der Waals surface area contributed by atoms with Gasteiger partial charge in [0.2, 0.25) is 0 Å². The third-order valence-electron chi connectivity index (χ3n) is 2.88. The Morgan fingerprint density at radius 1 is 0.812 bits per heavy atom. The van der Waals surface area contributed by atoms with Crippen molar-refractivity contribution >= 4 is 6.08 Å². The van der Waals surface area contributed by atoms with Gasteiger partial charge < -0.3 is 0 Å². The molecule has 0 heterocycles. The van der Waals surface area contributed by atoms with Crippen LogP contribution in [0, 0.1) is 6.58 Å². The summed E-state index contributed by atoms with van der Waals surface area (Å²) >= 11 is 0. The van der Waals surface area contributed by atoms with E-state index in [4.69, 9.17) is 6.58 Å². The zero-order chi connectivity index (χ0) is 12.6. The highest BCUT2D eigenvalue weighted by atomic mass is 14.2. The van der Waals surface area contributed by atoms with Crippen molar-refractivity contribution in [2.45, 2.75) is 52.4 Å². The first-order valence-electron chi connectivity index (χ1n) is 5.85. The minimum atomic E-state index is 0.166. The van der Waals surface area contributed by atoms with Gasteiger partial charge in [-0.1, -0.05) is 72.4 Å². The number of hydrogen-bond acceptors (Lipinski definition) is 0. The van der Waals surface area contributed by atoms with Gasteiger partial charge in [0.05, 0.1) is 0 Å². The molecular formula is C16H23. The molecule has 0 atom stereocenters. The predicted octanol–water partition coefficient (Wildman–Crippen LogP) is 4.73. The van der Waals surface area contributed by atoms with Gasteiger partial charge in [-0.25, -0.2) is 0 Å². The maximum atomic E-state index is 5.65. The summed E-state index contributed by atoms with van der Waals surface area (Å²) in [5.74, 6) is 0. The van der Waals surface area contributed by atoms with Crippen molar-refractivity contribution in [2.24, 2.45) is 0 Å². The fraction of sp³-hybridized carbons (Fsp3) is 0.500. The number of benzene rings is 1. The van der Waals surface area contributed by atoms with E-state index in [0.29, 0.717) is 0 Å². The Labute approximate surface area is 100 Å². The number of hydrogen-bond donors (Lipinski definition) is 0. The summed E-state index contributed by atoms with van der Waals surface area (Å²) in [6.45, 7) is 19.0. The lowest BCUT2D eigenvalue weighted by molar-refractivity contribution is 0.568. The van der Waals surface area contributed by atoms with E-state index in [1.807, 2.05) is 0 Å². The zero-order valence-electron chi connectivity index (χ0n) is 11.4. The first-order chi connectivity index (χ1) is 7.14. The van der Waals surface area contributed by atoms with Crippen LogP contribution < -0.4 is 0 Å². The van der Waals surface area contributed by atoms with Crippen LogP contribution >= 0.6 is 0 Å². The molecule has 0 aromatic heterocycles. The minimum Gasteiger partial charge on any atom is -0.0617 e. The molecule has 0 spiro atoms. The molecule has 0 amide bonds. The molecule has 0 nitrogen and oxygen atoms in total. The van der Waals surface area contributed by atoms with Crippen LogP contribution in [-0.2, 0) is 10.8 Å². The second kappa shape index (κ2) is 4.08. The molecule has 0 N–H and O–H groups in total. The van der Waals surface area contributed by atoms with Crippen LogP contribution in [0.15, 0.2) is 18.2 Å². The first kappa shape index (κ1) is 13.0. The second-order valence-electron chi connectivity index (χ2n) is 6.51. The second-order valence-corrected chi connectivity index (χ2v) is 6.51. The van der Waals surface area contributed by atoms with Gasteiger partial charge in [0.25, 0.3) is 0 Å². The summed E-state index contributed by atoms with van der Waals surface area (Å²) in [6, 6.07) is 6.65. The molecule has 0 aliphatic rings. The third kappa shape index (κ3) is 2.98. The molecule has 0 saturated heterocycles. The quantitative estimate of drug-likeness (QED) is 0.635. The standard InChI is InChI=1S/C16H23/c1-8-12-9-13(15(2,3)4)11-14(10-12)16(5,6)7/h1,8-11H,2-7H3. The van der Waals surface area contributed by atoms with Crippen LogP contribution in [0.3, 0.4) is 0 Å². The van der Waals surface area contributed by atoms with Crippen LogP contribution in [0.4, 0.5) is 0 Å². The van der Waals surface area contributed by atoms with Crippen molar-refractivity contribution in [1.29, 1.82) is 0 Å². The molecule has 1 aromatic rings. The SMILES string of the molecule is [CH]=Cc1cc(C(C)(C)C)cc(C(C)(C)C)c1. The van der Waals surface area contributed by atoms with Gasteiger partial charge in [-0.05, 0) is 27.5 Å². The number of rotatable bonds is 1. The lowest BCUT2D eigenvalue weighted by atomic mass is 9.79. The molecule has 1 aromatic carbocycles. The van der Waals surface area contributed by atoms with Gasteiger partial charge in [-0.2, -0.15) is 0 Å². The molecule has 0 aliphatic heterocycles. The molecule has 0 saturated carbocycles. The zero-order valence-corrected chi connectivity index (χ0v) is 11.4. The summed E-state index contributed by atoms with van der Waals surface area (Å²) in [5.41, 5.74) is 4.13. The van der Waals surface area contributed by atoms with Crippen molar-refractivity contribution < 1.29 is 0 Å². The van der Waals surface area contributed by atoms with Crippen LogP contribution in [0.5, 0.6) is 0 Å². The Morgan fingerprint density at radius 3 is 1.44 bits per heavy atom. The van der Waals surface area contributed by atoms with Gasteiger partial charge in [0, 0.05) is 0 Å². The van der Waals surface area contributed by atoms with Crippen LogP contribution in [0.25, 0.3) is 6.08 Å². The van der Waals surface area contributed by atoms with Gasteiger partial charge in [-0.15, -0.1) is 0 Å². The normalized spacial score (nSPS) is 12.6. The molecule has 87 valence electrons. The van der Waals surface area contributed by atoms with Gasteiger partial charge in [0.1, 0.15) is 0 Å². The van der Waals surface area contributed by atoms with E-state index in [1.54, 1.807) is 6.08 Å². The van der Waals surface area contributed by atoms with Crippen LogP contribution in [0.1, 0.15) is 58.2 Å². The average Bonchev–Trinajstić information content (AvgIpc) is 2.14. The molecule has 0 unspecified atom stereocenters. The first-order valence-corrected chi connectivity index (χ1v) is 5.85. The smallest absolute Gasteiger partial charge is 0.0132 e. The molecule has 0 heteroatoms. The fourth-order valence-electron chi connectivity index (χ4n) is 1.61. The molecular weight excluding hydrogens is 192 g/mol. The van der Waals surface area contributed by atoms with E-state index in [-0.39, 0.29) is 10.8 Å². The topological polar surface area (TPSA) is 0 Å². The summed E-state index contributed by atoms with van der Waals surface area (Å²) in [7, 11) is 0. The Kier molecular flexibility index (Phi) is 3.33. The molecule has 0 fully saturated rings. The Bertz CT molecular complexity index is 351. The Balaban J connectivity index is 3.39. The maximum absolute atomic E-state index is 5.65. The van der Waals surface area contributed by atoms with E-state index in [9.17, 15) is 0 Å². The molecule has 0 aliphatic carbocycles. The summed E-state index contributed by atoms with van der Waals surface area (Å²) < 4.78 is 0. The molecule has 1 radical (unpaired) electrons. The largest absolute Gasteiger partial charge is 0.0617 e. The molecule has 1 rings (SSSR count). The predicted molar refractivity (Wildman–Crippen MR) is 72.6 cm³/mol. The van der Waals surface area contributed by atoms with E-state index in [1.165, 1.54) is 11.1 Å². The van der Waals surface area contributed by atoms with Crippen molar-refractivity contribution in [2.75, 3.05) is 0 Å². The summed E-state index contributed by atoms with van der Waals surface area (Å²) in [5, 5.41) is 0. The average molecular weight is 215 g/mol. The highest BCUT2D eigenvalue weighted by molar-refractivity contribution is 5.51. The van der Waals surface area contributed by atoms with Crippen molar-refractivity contribution in [3.05, 3.63) is 41.5 Å². The monoisotopic (exact) mass is 215 g/mol. The van der Waals surface area contributed by atoms with Gasteiger partial charge in [0.15, 0.2) is 0 Å². The van der Waals surface area contributed by atoms with Crippen molar-refractivity contribution in [3.63, 3.8) is 0 Å². The van der Waals surface area contributed by atoms with E-state index < -0.39 is 0 Å². The maximum Gasteiger partial charge on any atom is -0.0132 e. The highest BCUT2D eigenvalue weighted by Gasteiger charge is 2.19. The van der Waals surface area contributed by atoms with Crippen molar-refractivity contribution in [1.82, 2.24) is 0 Å². The van der Waals surface area contributed by atoms with Gasteiger partial charge >= 0.3 is 0 Å². The molecule has 0 bridgehead atoms. The summed E-state index contributed by atoms with van der Waals surface area (Å²) in [4.78, 5) is 0. The lowest BCUT2D eigenvalue weighted by Crippen LogP contribution is -2.16. The Morgan fingerprint density at radius 2 is 1.19 bits per heavy atom. The summed E-state index contributed by atoms with van der Waals surface area (Å²) in [6.07, 6.45) is 1.68. The fourth-order valence-corrected chi connectivity index (χ4v) is 1.61. The van der Waals surface area contributed by atoms with E-state index in [2.05, 4.69) is 59.7 Å². The molecule has 16 heavy (non-hydrogen) atoms. The van der Waals surface area contributed by atoms with E-state index in [0.717, 1.165) is 5.56 Å². The Hall–Kier alpha value is -1.04. The van der Waals surface area contributed by atoms with Gasteiger partial charge in [-0.3, -0.25) is 0 Å². The van der Waals surface area contributed by atoms with Crippen molar-refractivity contribution in [3.8, 4) is 0 Å². The van der Waals surface area contributed by atoms with Crippen LogP contribution in [-0.4, -0.2) is 0 Å². The minimum absolute atomic E-state index is 0.166. The van der Waals surface area contributed by atoms with E-state index >= 15 is 0 Å². The third-order valence-corrected chi connectivity index (χ3v) is 2.88. The lowest BCUT2D eigenvalue weighted by Gasteiger charge is -2.25. The van der Waals surface area contributed by atoms with Crippen LogP contribution in [0.2, 0.25) is 0 Å². The highest BCUT2D eigenvalue weighted by Crippen LogP contribution is 2.30.